The minimum absolute atomic E-state index is 0.0630. The first-order valence-electron chi connectivity index (χ1n) is 5.75. The second-order valence-corrected chi connectivity index (χ2v) is 3.80. The van der Waals surface area contributed by atoms with E-state index in [0.29, 0.717) is 13.2 Å². The predicted molar refractivity (Wildman–Crippen MR) is 61.9 cm³/mol. The maximum absolute atomic E-state index is 11.2. The Kier molecular flexibility index (Phi) is 9.52. The summed E-state index contributed by atoms with van der Waals surface area (Å²) in [6.07, 6.45) is 2.41. The van der Waals surface area contributed by atoms with E-state index in [4.69, 9.17) is 4.74 Å². The number of hydrogen-bond donors (Lipinski definition) is 2. The van der Waals surface area contributed by atoms with E-state index in [9.17, 15) is 4.79 Å². The molecule has 0 aliphatic carbocycles. The minimum atomic E-state index is 0.0630. The first-order chi connectivity index (χ1) is 7.16. The summed E-state index contributed by atoms with van der Waals surface area (Å²) in [4.78, 5) is 11.2. The lowest BCUT2D eigenvalue weighted by Gasteiger charge is -2.08. The zero-order valence-corrected chi connectivity index (χ0v) is 10.1. The second kappa shape index (κ2) is 9.93. The van der Waals surface area contributed by atoms with Gasteiger partial charge in [-0.15, -0.1) is 0 Å². The molecule has 0 saturated heterocycles. The van der Waals surface area contributed by atoms with Crippen molar-refractivity contribution < 1.29 is 9.53 Å². The molecule has 15 heavy (non-hydrogen) atoms. The predicted octanol–water partition coefficient (Wildman–Crippen LogP) is 0.917. The molecule has 0 saturated carbocycles. The van der Waals surface area contributed by atoms with Crippen LogP contribution in [0.3, 0.4) is 0 Å². The van der Waals surface area contributed by atoms with Crippen molar-refractivity contribution in [1.29, 1.82) is 0 Å². The van der Waals surface area contributed by atoms with Crippen molar-refractivity contribution in [3.63, 3.8) is 0 Å². The summed E-state index contributed by atoms with van der Waals surface area (Å²) < 4.78 is 5.33. The monoisotopic (exact) mass is 216 g/mol. The van der Waals surface area contributed by atoms with E-state index >= 15 is 0 Å². The molecule has 0 aromatic carbocycles. The summed E-state index contributed by atoms with van der Waals surface area (Å²) in [5, 5.41) is 5.87. The van der Waals surface area contributed by atoms with Crippen molar-refractivity contribution in [3.05, 3.63) is 0 Å². The molecule has 0 radical (unpaired) electrons. The largest absolute Gasteiger partial charge is 0.377 e. The fraction of sp³-hybridized carbons (Fsp3) is 0.909. The van der Waals surface area contributed by atoms with E-state index in [1.54, 1.807) is 0 Å². The number of amides is 1. The summed E-state index contributed by atoms with van der Waals surface area (Å²) in [6, 6.07) is 0. The number of rotatable bonds is 9. The molecule has 0 unspecified atom stereocenters. The highest BCUT2D eigenvalue weighted by molar-refractivity contribution is 5.77. The van der Waals surface area contributed by atoms with Crippen molar-refractivity contribution in [2.24, 2.45) is 0 Å². The van der Waals surface area contributed by atoms with Crippen molar-refractivity contribution in [3.8, 4) is 0 Å². The smallest absolute Gasteiger partial charge is 0.233 e. The zero-order chi connectivity index (χ0) is 11.5. The Labute approximate surface area is 92.8 Å². The van der Waals surface area contributed by atoms with E-state index in [1.165, 1.54) is 0 Å². The molecule has 0 aromatic heterocycles. The fourth-order valence-electron chi connectivity index (χ4n) is 1.04. The van der Waals surface area contributed by atoms with E-state index in [1.807, 2.05) is 13.8 Å². The SMILES string of the molecule is CCCCNC(=O)CNCCOC(C)C. The molecule has 4 nitrogen and oxygen atoms in total. The van der Waals surface area contributed by atoms with Gasteiger partial charge in [-0.2, -0.15) is 0 Å². The van der Waals surface area contributed by atoms with Gasteiger partial charge in [-0.25, -0.2) is 0 Å². The maximum atomic E-state index is 11.2. The molecule has 2 N–H and O–H groups in total. The lowest BCUT2D eigenvalue weighted by atomic mass is 10.3. The van der Waals surface area contributed by atoms with E-state index in [2.05, 4.69) is 17.6 Å². The highest BCUT2D eigenvalue weighted by atomic mass is 16.5. The van der Waals surface area contributed by atoms with Crippen LogP contribution in [0.2, 0.25) is 0 Å². The third-order valence-electron chi connectivity index (χ3n) is 1.87. The molecule has 90 valence electrons. The van der Waals surface area contributed by atoms with Gasteiger partial charge < -0.3 is 15.4 Å². The van der Waals surface area contributed by atoms with Gasteiger partial charge in [-0.3, -0.25) is 4.79 Å². The summed E-state index contributed by atoms with van der Waals surface area (Å²) in [5.41, 5.74) is 0. The summed E-state index contributed by atoms with van der Waals surface area (Å²) in [5.74, 6) is 0.0630. The number of carbonyl (C=O) groups is 1. The van der Waals surface area contributed by atoms with Gasteiger partial charge in [0.1, 0.15) is 0 Å². The topological polar surface area (TPSA) is 50.4 Å². The van der Waals surface area contributed by atoms with Crippen LogP contribution in [0.15, 0.2) is 0 Å². The Morgan fingerprint density at radius 3 is 2.67 bits per heavy atom. The average molecular weight is 216 g/mol. The Morgan fingerprint density at radius 1 is 1.33 bits per heavy atom. The van der Waals surface area contributed by atoms with Crippen LogP contribution < -0.4 is 10.6 Å². The lowest BCUT2D eigenvalue weighted by molar-refractivity contribution is -0.120. The molecule has 0 aliphatic heterocycles. The number of hydrogen-bond acceptors (Lipinski definition) is 3. The number of ether oxygens (including phenoxy) is 1. The number of carbonyl (C=O) groups excluding carboxylic acids is 1. The molecule has 4 heteroatoms. The Hall–Kier alpha value is -0.610. The standard InChI is InChI=1S/C11H24N2O2/c1-4-5-6-13-11(14)9-12-7-8-15-10(2)3/h10,12H,4-9H2,1-3H3,(H,13,14). The molecular formula is C11H24N2O2. The van der Waals surface area contributed by atoms with Crippen LogP contribution in [-0.4, -0.2) is 38.3 Å². The summed E-state index contributed by atoms with van der Waals surface area (Å²) in [6.45, 7) is 8.63. The molecule has 1 amide bonds. The Balaban J connectivity index is 3.17. The van der Waals surface area contributed by atoms with Crippen LogP contribution in [-0.2, 0) is 9.53 Å². The van der Waals surface area contributed by atoms with Gasteiger partial charge in [-0.05, 0) is 20.3 Å². The van der Waals surface area contributed by atoms with Crippen LogP contribution in [0.4, 0.5) is 0 Å². The van der Waals surface area contributed by atoms with Gasteiger partial charge in [0.05, 0.1) is 19.3 Å². The Morgan fingerprint density at radius 2 is 2.07 bits per heavy atom. The molecule has 0 spiro atoms. The molecule has 0 aromatic rings. The molecule has 0 rings (SSSR count). The second-order valence-electron chi connectivity index (χ2n) is 3.80. The van der Waals surface area contributed by atoms with Crippen molar-refractivity contribution >= 4 is 5.91 Å². The fourth-order valence-corrected chi connectivity index (χ4v) is 1.04. The Bertz CT molecular complexity index is 161. The minimum Gasteiger partial charge on any atom is -0.377 e. The third-order valence-corrected chi connectivity index (χ3v) is 1.87. The third kappa shape index (κ3) is 11.3. The van der Waals surface area contributed by atoms with Crippen LogP contribution >= 0.6 is 0 Å². The van der Waals surface area contributed by atoms with Gasteiger partial charge >= 0.3 is 0 Å². The van der Waals surface area contributed by atoms with Crippen LogP contribution in [0, 0.1) is 0 Å². The van der Waals surface area contributed by atoms with Gasteiger partial charge in [0.15, 0.2) is 0 Å². The molecule has 0 bridgehead atoms. The van der Waals surface area contributed by atoms with Crippen molar-refractivity contribution in [1.82, 2.24) is 10.6 Å². The maximum Gasteiger partial charge on any atom is 0.233 e. The van der Waals surface area contributed by atoms with Gasteiger partial charge in [0.25, 0.3) is 0 Å². The van der Waals surface area contributed by atoms with E-state index in [0.717, 1.165) is 25.9 Å². The quantitative estimate of drug-likeness (QED) is 0.563. The lowest BCUT2D eigenvalue weighted by Crippen LogP contribution is -2.35. The van der Waals surface area contributed by atoms with E-state index in [-0.39, 0.29) is 12.0 Å². The molecule has 0 aliphatic rings. The van der Waals surface area contributed by atoms with E-state index < -0.39 is 0 Å². The summed E-state index contributed by atoms with van der Waals surface area (Å²) in [7, 11) is 0. The van der Waals surface area contributed by atoms with Gasteiger partial charge in [0.2, 0.25) is 5.91 Å². The first-order valence-corrected chi connectivity index (χ1v) is 5.75. The van der Waals surface area contributed by atoms with Crippen molar-refractivity contribution in [2.45, 2.75) is 39.7 Å². The molecule has 0 atom stereocenters. The normalized spacial score (nSPS) is 10.7. The van der Waals surface area contributed by atoms with Gasteiger partial charge in [-0.1, -0.05) is 13.3 Å². The zero-order valence-electron chi connectivity index (χ0n) is 10.1. The van der Waals surface area contributed by atoms with Crippen LogP contribution in [0.1, 0.15) is 33.6 Å². The average Bonchev–Trinajstić information content (AvgIpc) is 2.17. The van der Waals surface area contributed by atoms with Gasteiger partial charge in [0, 0.05) is 13.1 Å². The molecular weight excluding hydrogens is 192 g/mol. The molecule has 0 fully saturated rings. The van der Waals surface area contributed by atoms with Crippen molar-refractivity contribution in [2.75, 3.05) is 26.2 Å². The molecule has 0 heterocycles. The first kappa shape index (κ1) is 14.4. The summed E-state index contributed by atoms with van der Waals surface area (Å²) >= 11 is 0. The highest BCUT2D eigenvalue weighted by Crippen LogP contribution is 1.85. The highest BCUT2D eigenvalue weighted by Gasteiger charge is 1.99. The van der Waals surface area contributed by atoms with Crippen LogP contribution in [0.25, 0.3) is 0 Å². The van der Waals surface area contributed by atoms with Crippen LogP contribution in [0.5, 0.6) is 0 Å². The number of unbranched alkanes of at least 4 members (excludes halogenated alkanes) is 1. The number of nitrogens with one attached hydrogen (secondary N) is 2.